The summed E-state index contributed by atoms with van der Waals surface area (Å²) >= 11 is 6.36. The standard InChI is InChI=1S/C20H22ClN5O3.ClH/c1-29-19(28)16-9-15-17(18(27)23-16)26(10-12-5-2-3-7-14(12)21)20(24-15)25-8-4-6-13(22)11-25;/h2-3,5,7,9,13H,4,6,8,10-11,22H2,1H3,(H,23,27);1H/t13-;/m1./s1. The van der Waals surface area contributed by atoms with E-state index in [4.69, 9.17) is 27.1 Å². The van der Waals surface area contributed by atoms with E-state index in [0.29, 0.717) is 35.1 Å². The zero-order chi connectivity index (χ0) is 20.5. The van der Waals surface area contributed by atoms with Gasteiger partial charge >= 0.3 is 5.97 Å². The third kappa shape index (κ3) is 4.16. The van der Waals surface area contributed by atoms with Crippen LogP contribution in [0, 0.1) is 0 Å². The second kappa shape index (κ2) is 9.07. The third-order valence-corrected chi connectivity index (χ3v) is 5.52. The minimum atomic E-state index is -0.619. The first kappa shape index (κ1) is 22.1. The maximum atomic E-state index is 12.9. The van der Waals surface area contributed by atoms with Crippen molar-refractivity contribution >= 4 is 47.0 Å². The van der Waals surface area contributed by atoms with Gasteiger partial charge in [0.25, 0.3) is 5.56 Å². The lowest BCUT2D eigenvalue weighted by atomic mass is 10.1. The Morgan fingerprint density at radius 3 is 2.87 bits per heavy atom. The minimum absolute atomic E-state index is 0. The lowest BCUT2D eigenvalue weighted by Crippen LogP contribution is -2.44. The fourth-order valence-electron chi connectivity index (χ4n) is 3.75. The summed E-state index contributed by atoms with van der Waals surface area (Å²) in [6.45, 7) is 1.81. The number of rotatable bonds is 4. The molecule has 1 atom stereocenters. The van der Waals surface area contributed by atoms with Gasteiger partial charge in [-0.15, -0.1) is 12.4 Å². The summed E-state index contributed by atoms with van der Waals surface area (Å²) < 4.78 is 6.57. The fourth-order valence-corrected chi connectivity index (χ4v) is 3.95. The molecule has 3 N–H and O–H groups in total. The highest BCUT2D eigenvalue weighted by Gasteiger charge is 2.25. The van der Waals surface area contributed by atoms with Gasteiger partial charge < -0.3 is 24.9 Å². The quantitative estimate of drug-likeness (QED) is 0.590. The fraction of sp³-hybridized carbons (Fsp3) is 0.350. The molecular formula is C20H23Cl2N5O3. The molecule has 30 heavy (non-hydrogen) atoms. The van der Waals surface area contributed by atoms with Crippen molar-refractivity contribution in [1.29, 1.82) is 0 Å². The van der Waals surface area contributed by atoms with Gasteiger partial charge in [0.2, 0.25) is 5.95 Å². The molecule has 1 aromatic carbocycles. The van der Waals surface area contributed by atoms with Crippen LogP contribution in [0.1, 0.15) is 28.9 Å². The van der Waals surface area contributed by atoms with E-state index >= 15 is 0 Å². The predicted molar refractivity (Wildman–Crippen MR) is 119 cm³/mol. The Bertz CT molecular complexity index is 1130. The van der Waals surface area contributed by atoms with Gasteiger partial charge in [-0.1, -0.05) is 29.8 Å². The van der Waals surface area contributed by atoms with Gasteiger partial charge in [-0.25, -0.2) is 9.78 Å². The van der Waals surface area contributed by atoms with Crippen LogP contribution in [-0.4, -0.2) is 46.7 Å². The number of piperidine rings is 1. The Labute approximate surface area is 184 Å². The molecule has 0 amide bonds. The monoisotopic (exact) mass is 451 g/mol. The summed E-state index contributed by atoms with van der Waals surface area (Å²) in [6.07, 6.45) is 1.90. The summed E-state index contributed by atoms with van der Waals surface area (Å²) in [5.41, 5.74) is 7.50. The molecule has 0 saturated carbocycles. The molecule has 0 radical (unpaired) electrons. The van der Waals surface area contributed by atoms with Crippen LogP contribution in [0.25, 0.3) is 11.0 Å². The number of pyridine rings is 1. The van der Waals surface area contributed by atoms with Gasteiger partial charge in [-0.3, -0.25) is 4.79 Å². The number of nitrogens with zero attached hydrogens (tertiary/aromatic N) is 3. The van der Waals surface area contributed by atoms with E-state index in [1.165, 1.54) is 7.11 Å². The van der Waals surface area contributed by atoms with Crippen molar-refractivity contribution in [3.8, 4) is 0 Å². The lowest BCUT2D eigenvalue weighted by molar-refractivity contribution is 0.0594. The van der Waals surface area contributed by atoms with E-state index in [-0.39, 0.29) is 24.1 Å². The van der Waals surface area contributed by atoms with E-state index in [1.807, 2.05) is 28.8 Å². The highest BCUT2D eigenvalue weighted by molar-refractivity contribution is 6.31. The van der Waals surface area contributed by atoms with E-state index in [2.05, 4.69) is 9.88 Å². The average molecular weight is 452 g/mol. The SMILES string of the molecule is COC(=O)c1cc2nc(N3CCC[C@@H](N)C3)n(Cc3ccccc3Cl)c2c(=O)[nH]1.Cl. The normalized spacial score (nSPS) is 16.4. The van der Waals surface area contributed by atoms with Gasteiger partial charge in [0, 0.05) is 24.2 Å². The van der Waals surface area contributed by atoms with E-state index in [1.54, 1.807) is 6.07 Å². The Kier molecular flexibility index (Phi) is 6.70. The van der Waals surface area contributed by atoms with Crippen molar-refractivity contribution < 1.29 is 9.53 Å². The number of nitrogens with two attached hydrogens (primary N) is 1. The lowest BCUT2D eigenvalue weighted by Gasteiger charge is -2.32. The molecule has 4 rings (SSSR count). The highest BCUT2D eigenvalue weighted by atomic mass is 35.5. The van der Waals surface area contributed by atoms with Crippen LogP contribution in [0.5, 0.6) is 0 Å². The predicted octanol–water partition coefficient (Wildman–Crippen LogP) is 2.56. The number of aromatic amines is 1. The Morgan fingerprint density at radius 1 is 1.40 bits per heavy atom. The molecular weight excluding hydrogens is 429 g/mol. The Morgan fingerprint density at radius 2 is 2.17 bits per heavy atom. The number of esters is 1. The van der Waals surface area contributed by atoms with Crippen molar-refractivity contribution in [2.24, 2.45) is 5.73 Å². The van der Waals surface area contributed by atoms with E-state index in [9.17, 15) is 9.59 Å². The first-order valence-corrected chi connectivity index (χ1v) is 9.81. The zero-order valence-electron chi connectivity index (χ0n) is 16.4. The smallest absolute Gasteiger partial charge is 0.354 e. The van der Waals surface area contributed by atoms with Crippen LogP contribution < -0.4 is 16.2 Å². The number of aromatic nitrogens is 3. The van der Waals surface area contributed by atoms with Gasteiger partial charge in [0.05, 0.1) is 19.2 Å². The summed E-state index contributed by atoms with van der Waals surface area (Å²) in [4.78, 5) is 34.2. The highest BCUT2D eigenvalue weighted by Crippen LogP contribution is 2.26. The van der Waals surface area contributed by atoms with Gasteiger partial charge in [0.15, 0.2) is 0 Å². The number of H-pyrrole nitrogens is 1. The van der Waals surface area contributed by atoms with Crippen molar-refractivity contribution in [3.05, 3.63) is 57.0 Å². The first-order valence-electron chi connectivity index (χ1n) is 9.43. The molecule has 160 valence electrons. The van der Waals surface area contributed by atoms with E-state index < -0.39 is 11.5 Å². The van der Waals surface area contributed by atoms with Gasteiger partial charge in [-0.05, 0) is 30.5 Å². The molecule has 1 aliphatic rings. The number of carbonyl (C=O) groups excluding carboxylic acids is 1. The topological polar surface area (TPSA) is 106 Å². The van der Waals surface area contributed by atoms with E-state index in [0.717, 1.165) is 24.9 Å². The number of carbonyl (C=O) groups is 1. The second-order valence-electron chi connectivity index (χ2n) is 7.18. The number of anilines is 1. The summed E-state index contributed by atoms with van der Waals surface area (Å²) in [6, 6.07) is 9.07. The number of hydrogen-bond acceptors (Lipinski definition) is 6. The number of halogens is 2. The number of methoxy groups -OCH3 is 1. The molecule has 1 saturated heterocycles. The molecule has 0 aliphatic carbocycles. The van der Waals surface area contributed by atoms with Crippen molar-refractivity contribution in [3.63, 3.8) is 0 Å². The zero-order valence-corrected chi connectivity index (χ0v) is 18.0. The Hall–Kier alpha value is -2.55. The molecule has 0 unspecified atom stereocenters. The summed E-state index contributed by atoms with van der Waals surface area (Å²) in [7, 11) is 1.27. The maximum Gasteiger partial charge on any atom is 0.354 e. The molecule has 3 heterocycles. The number of benzene rings is 1. The van der Waals surface area contributed by atoms with Crippen LogP contribution in [-0.2, 0) is 11.3 Å². The molecule has 2 aromatic heterocycles. The molecule has 8 nitrogen and oxygen atoms in total. The minimum Gasteiger partial charge on any atom is -0.464 e. The number of fused-ring (bicyclic) bond motifs is 1. The van der Waals surface area contributed by atoms with Crippen LogP contribution in [0.3, 0.4) is 0 Å². The molecule has 1 fully saturated rings. The Balaban J connectivity index is 0.00000256. The maximum absolute atomic E-state index is 12.9. The van der Waals surface area contributed by atoms with Crippen LogP contribution in [0.2, 0.25) is 5.02 Å². The van der Waals surface area contributed by atoms with Gasteiger partial charge in [-0.2, -0.15) is 0 Å². The molecule has 1 aliphatic heterocycles. The van der Waals surface area contributed by atoms with Gasteiger partial charge in [0.1, 0.15) is 11.2 Å². The number of imidazole rings is 1. The third-order valence-electron chi connectivity index (χ3n) is 5.15. The molecule has 10 heteroatoms. The van der Waals surface area contributed by atoms with Crippen LogP contribution in [0.4, 0.5) is 5.95 Å². The van der Waals surface area contributed by atoms with Crippen molar-refractivity contribution in [2.75, 3.05) is 25.1 Å². The van der Waals surface area contributed by atoms with Crippen molar-refractivity contribution in [2.45, 2.75) is 25.4 Å². The summed E-state index contributed by atoms with van der Waals surface area (Å²) in [5, 5.41) is 0.609. The number of nitrogens with one attached hydrogen (secondary N) is 1. The second-order valence-corrected chi connectivity index (χ2v) is 7.58. The largest absolute Gasteiger partial charge is 0.464 e. The molecule has 0 spiro atoms. The van der Waals surface area contributed by atoms with Crippen LogP contribution >= 0.6 is 24.0 Å². The van der Waals surface area contributed by atoms with Crippen LogP contribution in [0.15, 0.2) is 35.1 Å². The molecule has 3 aromatic rings. The number of ether oxygens (including phenoxy) is 1. The average Bonchev–Trinajstić information content (AvgIpc) is 3.08. The van der Waals surface area contributed by atoms with Crippen molar-refractivity contribution in [1.82, 2.24) is 14.5 Å². The first-order chi connectivity index (χ1) is 14.0. The number of hydrogen-bond donors (Lipinski definition) is 2. The molecule has 0 bridgehead atoms. The summed E-state index contributed by atoms with van der Waals surface area (Å²) in [5.74, 6) is 0.0220.